The second-order valence-electron chi connectivity index (χ2n) is 17.0. The first-order valence-electron chi connectivity index (χ1n) is 23.4. The fraction of sp³-hybridized carbons (Fsp3) is 0.854. The van der Waals surface area contributed by atoms with Crippen LogP contribution in [-0.2, 0) is 28.6 Å². The first kappa shape index (κ1) is 53.8. The summed E-state index contributed by atoms with van der Waals surface area (Å²) in [4.78, 5) is 37.0. The molecule has 0 spiro atoms. The van der Waals surface area contributed by atoms with Crippen LogP contribution in [0.1, 0.15) is 213 Å². The maximum Gasteiger partial charge on any atom is 0.362 e. The summed E-state index contributed by atoms with van der Waals surface area (Å²) in [5.41, 5.74) is 0. The number of unbranched alkanes of at least 4 members (excludes halogenated alkanes) is 24. The minimum Gasteiger partial charge on any atom is -0.477 e. The molecule has 0 saturated heterocycles. The lowest BCUT2D eigenvalue weighted by Gasteiger charge is -2.31. The Labute approximate surface area is 345 Å². The fourth-order valence-corrected chi connectivity index (χ4v) is 6.95. The summed E-state index contributed by atoms with van der Waals surface area (Å²) < 4.78 is 17.3. The van der Waals surface area contributed by atoms with Gasteiger partial charge in [0.05, 0.1) is 34.4 Å². The molecule has 0 aromatic rings. The topological polar surface area (TPSA) is 99.1 Å². The summed E-state index contributed by atoms with van der Waals surface area (Å²) in [6, 6.07) is -0.613. The molecule has 0 amide bonds. The van der Waals surface area contributed by atoms with Crippen LogP contribution in [0.3, 0.4) is 0 Å². The molecule has 0 bridgehead atoms. The van der Waals surface area contributed by atoms with Gasteiger partial charge >= 0.3 is 17.9 Å². The zero-order chi connectivity index (χ0) is 41.4. The number of ether oxygens (including phenoxy) is 3. The van der Waals surface area contributed by atoms with E-state index in [0.717, 1.165) is 51.4 Å². The predicted molar refractivity (Wildman–Crippen MR) is 234 cm³/mol. The van der Waals surface area contributed by atoms with Crippen molar-refractivity contribution in [3.05, 3.63) is 24.3 Å². The number of carbonyl (C=O) groups excluding carboxylic acids is 2. The molecule has 0 aliphatic heterocycles. The highest BCUT2D eigenvalue weighted by Crippen LogP contribution is 2.15. The highest BCUT2D eigenvalue weighted by atomic mass is 16.6. The lowest BCUT2D eigenvalue weighted by Crippen LogP contribution is -2.50. The summed E-state index contributed by atoms with van der Waals surface area (Å²) >= 11 is 0. The van der Waals surface area contributed by atoms with Gasteiger partial charge in [-0.15, -0.1) is 0 Å². The van der Waals surface area contributed by atoms with Gasteiger partial charge in [-0.3, -0.25) is 9.59 Å². The first-order valence-corrected chi connectivity index (χ1v) is 23.4. The largest absolute Gasteiger partial charge is 0.477 e. The van der Waals surface area contributed by atoms with E-state index in [9.17, 15) is 19.5 Å². The Kier molecular flexibility index (Phi) is 38.1. The average molecular weight is 793 g/mol. The van der Waals surface area contributed by atoms with Crippen LogP contribution in [0.2, 0.25) is 0 Å². The number of esters is 2. The minimum absolute atomic E-state index is 0.0508. The number of aliphatic carboxylic acids is 1. The average Bonchev–Trinajstić information content (AvgIpc) is 3.15. The van der Waals surface area contributed by atoms with Crippen LogP contribution >= 0.6 is 0 Å². The molecule has 0 aliphatic carbocycles. The lowest BCUT2D eigenvalue weighted by atomic mass is 10.0. The second kappa shape index (κ2) is 39.6. The molecule has 0 radical (unpaired) electrons. The van der Waals surface area contributed by atoms with E-state index in [1.807, 2.05) is 21.1 Å². The van der Waals surface area contributed by atoms with E-state index < -0.39 is 18.1 Å². The number of hydrogen-bond acceptors (Lipinski definition) is 6. The van der Waals surface area contributed by atoms with Crippen molar-refractivity contribution in [2.75, 3.05) is 41.0 Å². The van der Waals surface area contributed by atoms with Gasteiger partial charge in [0.2, 0.25) is 0 Å². The standard InChI is InChI=1S/C48H89NO7/c1-6-8-10-12-14-16-18-20-22-23-25-26-28-30-32-34-36-38-46(50)55-43-44(42-54-41-40-45(48(52)53)49(3,4)5)56-47(51)39-37-35-33-31-29-27-24-21-19-17-15-13-11-9-7-2/h14,16,20,22,44-45H,6-13,15,17-19,21,23-43H2,1-5H3/p+1/b16-14+,22-20+. The van der Waals surface area contributed by atoms with Crippen molar-refractivity contribution in [3.8, 4) is 0 Å². The van der Waals surface area contributed by atoms with E-state index in [4.69, 9.17) is 14.2 Å². The van der Waals surface area contributed by atoms with E-state index in [-0.39, 0.29) is 36.2 Å². The van der Waals surface area contributed by atoms with Crippen LogP contribution in [-0.4, -0.2) is 80.6 Å². The summed E-state index contributed by atoms with van der Waals surface area (Å²) in [5.74, 6) is -1.46. The molecule has 328 valence electrons. The molecular weight excluding hydrogens is 703 g/mol. The van der Waals surface area contributed by atoms with Gasteiger partial charge in [0.15, 0.2) is 12.1 Å². The van der Waals surface area contributed by atoms with E-state index >= 15 is 0 Å². The number of carboxylic acid groups (broad SMARTS) is 1. The number of rotatable bonds is 42. The van der Waals surface area contributed by atoms with Crippen molar-refractivity contribution in [1.82, 2.24) is 0 Å². The first-order chi connectivity index (χ1) is 27.1. The monoisotopic (exact) mass is 793 g/mol. The predicted octanol–water partition coefficient (Wildman–Crippen LogP) is 12.9. The highest BCUT2D eigenvalue weighted by Gasteiger charge is 2.31. The minimum atomic E-state index is -0.874. The third-order valence-electron chi connectivity index (χ3n) is 10.6. The zero-order valence-corrected chi connectivity index (χ0v) is 37.3. The van der Waals surface area contributed by atoms with Crippen molar-refractivity contribution < 1.29 is 38.2 Å². The molecule has 0 aromatic heterocycles. The molecule has 2 unspecified atom stereocenters. The van der Waals surface area contributed by atoms with Crippen LogP contribution in [0.25, 0.3) is 0 Å². The van der Waals surface area contributed by atoms with Crippen LogP contribution in [0, 0.1) is 0 Å². The van der Waals surface area contributed by atoms with Gasteiger partial charge in [0.25, 0.3) is 0 Å². The van der Waals surface area contributed by atoms with Crippen molar-refractivity contribution >= 4 is 17.9 Å². The Morgan fingerprint density at radius 3 is 1.41 bits per heavy atom. The van der Waals surface area contributed by atoms with Gasteiger partial charge in [-0.25, -0.2) is 4.79 Å². The molecule has 0 aromatic carbocycles. The van der Waals surface area contributed by atoms with Gasteiger partial charge in [0.1, 0.15) is 6.61 Å². The summed E-state index contributed by atoms with van der Waals surface area (Å²) in [7, 11) is 5.53. The third kappa shape index (κ3) is 37.4. The molecule has 56 heavy (non-hydrogen) atoms. The van der Waals surface area contributed by atoms with E-state index in [2.05, 4.69) is 38.2 Å². The van der Waals surface area contributed by atoms with Crippen molar-refractivity contribution in [1.29, 1.82) is 0 Å². The Balaban J connectivity index is 4.30. The number of likely N-dealkylation sites (N-methyl/N-ethyl adjacent to an activating group) is 1. The molecule has 1 N–H and O–H groups in total. The van der Waals surface area contributed by atoms with Crippen LogP contribution < -0.4 is 0 Å². The molecule has 0 saturated carbocycles. The number of hydrogen-bond donors (Lipinski definition) is 1. The van der Waals surface area contributed by atoms with Crippen molar-refractivity contribution in [2.45, 2.75) is 225 Å². The van der Waals surface area contributed by atoms with Gasteiger partial charge in [-0.05, 0) is 44.9 Å². The number of allylic oxidation sites excluding steroid dienone is 4. The van der Waals surface area contributed by atoms with Gasteiger partial charge in [-0.2, -0.15) is 0 Å². The second-order valence-corrected chi connectivity index (χ2v) is 17.0. The van der Waals surface area contributed by atoms with E-state index in [0.29, 0.717) is 19.3 Å². The lowest BCUT2D eigenvalue weighted by molar-refractivity contribution is -0.887. The number of nitrogens with zero attached hydrogens (tertiary/aromatic N) is 1. The quantitative estimate of drug-likeness (QED) is 0.0284. The maximum atomic E-state index is 12.7. The summed E-state index contributed by atoms with van der Waals surface area (Å²) in [6.07, 6.45) is 43.5. The van der Waals surface area contributed by atoms with Crippen LogP contribution in [0.15, 0.2) is 24.3 Å². The Morgan fingerprint density at radius 1 is 0.536 bits per heavy atom. The third-order valence-corrected chi connectivity index (χ3v) is 10.6. The fourth-order valence-electron chi connectivity index (χ4n) is 6.95. The van der Waals surface area contributed by atoms with Gasteiger partial charge in [-0.1, -0.05) is 173 Å². The Hall–Kier alpha value is -2.19. The highest BCUT2D eigenvalue weighted by molar-refractivity contribution is 5.72. The molecule has 8 heteroatoms. The molecule has 8 nitrogen and oxygen atoms in total. The van der Waals surface area contributed by atoms with Gasteiger partial charge in [0, 0.05) is 19.3 Å². The number of carboxylic acids is 1. The molecule has 2 atom stereocenters. The molecule has 0 heterocycles. The number of quaternary nitrogens is 1. The maximum absolute atomic E-state index is 12.7. The summed E-state index contributed by atoms with van der Waals surface area (Å²) in [6.45, 7) is 4.73. The number of carbonyl (C=O) groups is 3. The van der Waals surface area contributed by atoms with Crippen LogP contribution in [0.5, 0.6) is 0 Å². The summed E-state index contributed by atoms with van der Waals surface area (Å²) in [5, 5.41) is 9.63. The normalized spacial score (nSPS) is 13.1. The molecular formula is C48H90NO7+. The van der Waals surface area contributed by atoms with Gasteiger partial charge < -0.3 is 23.8 Å². The molecule has 0 fully saturated rings. The Bertz CT molecular complexity index is 973. The van der Waals surface area contributed by atoms with Crippen molar-refractivity contribution in [2.24, 2.45) is 0 Å². The smallest absolute Gasteiger partial charge is 0.362 e. The van der Waals surface area contributed by atoms with E-state index in [1.165, 1.54) is 128 Å². The van der Waals surface area contributed by atoms with E-state index in [1.54, 1.807) is 0 Å². The van der Waals surface area contributed by atoms with Crippen molar-refractivity contribution in [3.63, 3.8) is 0 Å². The van der Waals surface area contributed by atoms with Crippen LogP contribution in [0.4, 0.5) is 0 Å². The Morgan fingerprint density at radius 2 is 0.946 bits per heavy atom. The zero-order valence-electron chi connectivity index (χ0n) is 37.3. The SMILES string of the molecule is CCCCC/C=C/C/C=C/CCCCCCCCCC(=O)OCC(COCCC(C(=O)O)[N+](C)(C)C)OC(=O)CCCCCCCCCCCCCCCCC. The molecule has 0 aliphatic rings. The molecule has 0 rings (SSSR count).